The Morgan fingerprint density at radius 2 is 1.70 bits per heavy atom. The maximum absolute atomic E-state index is 14.3. The molecule has 0 unspecified atom stereocenters. The van der Waals surface area contributed by atoms with E-state index in [1.165, 1.54) is 12.1 Å². The Balaban J connectivity index is 1.38. The zero-order valence-corrected chi connectivity index (χ0v) is 27.1. The molecule has 9 nitrogen and oxygen atoms in total. The number of hydrogen-bond donors (Lipinski definition) is 1. The van der Waals surface area contributed by atoms with Crippen LogP contribution in [0, 0.1) is 11.6 Å². The summed E-state index contributed by atoms with van der Waals surface area (Å²) >= 11 is 0. The fourth-order valence-electron chi connectivity index (χ4n) is 5.57. The third kappa shape index (κ3) is 8.46. The first-order valence-electron chi connectivity index (χ1n) is 15.7. The zero-order valence-electron chi connectivity index (χ0n) is 27.1. The molecule has 1 fully saturated rings. The van der Waals surface area contributed by atoms with Gasteiger partial charge in [0.15, 0.2) is 0 Å². The minimum absolute atomic E-state index is 0.173. The highest BCUT2D eigenvalue weighted by Crippen LogP contribution is 2.39. The summed E-state index contributed by atoms with van der Waals surface area (Å²) in [4.78, 5) is 50.2. The van der Waals surface area contributed by atoms with E-state index in [9.17, 15) is 23.2 Å². The van der Waals surface area contributed by atoms with Gasteiger partial charge in [0.25, 0.3) is 5.91 Å². The van der Waals surface area contributed by atoms with Crippen molar-refractivity contribution in [1.82, 2.24) is 20.2 Å². The number of rotatable bonds is 9. The molecule has 0 radical (unpaired) electrons. The monoisotopic (exact) mass is 643 g/mol. The average molecular weight is 644 g/mol. The number of halogens is 2. The van der Waals surface area contributed by atoms with Crippen molar-refractivity contribution in [3.05, 3.63) is 78.1 Å². The topological polar surface area (TPSA) is 105 Å². The maximum Gasteiger partial charge on any atom is 0.407 e. The van der Waals surface area contributed by atoms with Crippen molar-refractivity contribution in [2.45, 2.75) is 52.1 Å². The standard InChI is InChI=1S/C36H39F2N5O4/c1-36(2,3)47-35(46)39-14-5-6-15-42(4)34(45)32-9-7-8-30(41-32)23-10-11-31-28(20-23)33(43-16-12-27(44)13-17-43)29(22-40-31)24-18-25(37)21-26(38)19-24/h7-11,18-22H,5-6,12-17H2,1-4H3,(H,39,46). The minimum Gasteiger partial charge on any atom is -0.444 e. The second-order valence-electron chi connectivity index (χ2n) is 12.7. The zero-order chi connectivity index (χ0) is 33.7. The molecule has 246 valence electrons. The van der Waals surface area contributed by atoms with Crippen LogP contribution in [0.3, 0.4) is 0 Å². The van der Waals surface area contributed by atoms with Gasteiger partial charge in [0.05, 0.1) is 16.9 Å². The number of nitrogens with zero attached hydrogens (tertiary/aromatic N) is 4. The summed E-state index contributed by atoms with van der Waals surface area (Å²) in [6.45, 7) is 7.27. The number of unbranched alkanes of at least 4 members (excludes halogenated alkanes) is 1. The Bertz CT molecular complexity index is 1780. The van der Waals surface area contributed by atoms with E-state index in [2.05, 4.69) is 20.2 Å². The van der Waals surface area contributed by atoms with Gasteiger partial charge in [0.1, 0.15) is 28.7 Å². The van der Waals surface area contributed by atoms with Crippen molar-refractivity contribution in [2.24, 2.45) is 0 Å². The van der Waals surface area contributed by atoms with Gasteiger partial charge in [-0.05, 0) is 75.6 Å². The Kier molecular flexibility index (Phi) is 10.1. The SMILES string of the molecule is CN(CCCCNC(=O)OC(C)(C)C)C(=O)c1cccc(-c2ccc3ncc(-c4cc(F)cc(F)c4)c(N4CCC(=O)CC4)c3c2)n1. The van der Waals surface area contributed by atoms with Crippen LogP contribution in [-0.2, 0) is 9.53 Å². The number of piperidine rings is 1. The predicted octanol–water partition coefficient (Wildman–Crippen LogP) is 6.79. The highest BCUT2D eigenvalue weighted by molar-refractivity contribution is 6.02. The van der Waals surface area contributed by atoms with Crippen LogP contribution in [0.2, 0.25) is 0 Å². The smallest absolute Gasteiger partial charge is 0.407 e. The van der Waals surface area contributed by atoms with E-state index < -0.39 is 23.3 Å². The highest BCUT2D eigenvalue weighted by Gasteiger charge is 2.24. The summed E-state index contributed by atoms with van der Waals surface area (Å²) in [5.41, 5.74) is 3.36. The van der Waals surface area contributed by atoms with Gasteiger partial charge in [0.2, 0.25) is 0 Å². The molecule has 0 aliphatic carbocycles. The second-order valence-corrected chi connectivity index (χ2v) is 12.7. The number of alkyl carbamates (subject to hydrolysis) is 1. The molecule has 1 aliphatic rings. The Morgan fingerprint density at radius 1 is 0.979 bits per heavy atom. The van der Waals surface area contributed by atoms with E-state index in [-0.39, 0.29) is 17.4 Å². The van der Waals surface area contributed by atoms with E-state index in [0.717, 1.165) is 22.7 Å². The number of pyridine rings is 2. The number of carbonyl (C=O) groups is 3. The van der Waals surface area contributed by atoms with E-state index in [4.69, 9.17) is 4.74 Å². The number of amides is 2. The third-order valence-corrected chi connectivity index (χ3v) is 7.85. The van der Waals surface area contributed by atoms with Crippen molar-refractivity contribution in [1.29, 1.82) is 0 Å². The number of ether oxygens (including phenoxy) is 1. The third-order valence-electron chi connectivity index (χ3n) is 7.85. The van der Waals surface area contributed by atoms with Crippen LogP contribution in [0.4, 0.5) is 19.3 Å². The van der Waals surface area contributed by atoms with Gasteiger partial charge in [-0.2, -0.15) is 0 Å². The molecule has 2 aromatic heterocycles. The Hall–Kier alpha value is -4.93. The van der Waals surface area contributed by atoms with Crippen molar-refractivity contribution < 1.29 is 27.9 Å². The van der Waals surface area contributed by atoms with E-state index in [1.54, 1.807) is 51.0 Å². The Labute approximate surface area is 272 Å². The lowest BCUT2D eigenvalue weighted by molar-refractivity contribution is -0.119. The summed E-state index contributed by atoms with van der Waals surface area (Å²) in [5, 5.41) is 3.47. The van der Waals surface area contributed by atoms with Gasteiger partial charge in [-0.1, -0.05) is 12.1 Å². The van der Waals surface area contributed by atoms with Crippen molar-refractivity contribution in [2.75, 3.05) is 38.1 Å². The molecule has 2 amide bonds. The van der Waals surface area contributed by atoms with Crippen LogP contribution in [0.5, 0.6) is 0 Å². The van der Waals surface area contributed by atoms with Crippen LogP contribution in [0.1, 0.15) is 56.9 Å². The summed E-state index contributed by atoms with van der Waals surface area (Å²) in [5.74, 6) is -1.45. The largest absolute Gasteiger partial charge is 0.444 e. The van der Waals surface area contributed by atoms with E-state index in [0.29, 0.717) is 74.2 Å². The molecule has 1 saturated heterocycles. The van der Waals surface area contributed by atoms with E-state index >= 15 is 0 Å². The molecular formula is C36H39F2N5O4. The number of aromatic nitrogens is 2. The van der Waals surface area contributed by atoms with Crippen molar-refractivity contribution in [3.8, 4) is 22.4 Å². The molecule has 4 aromatic rings. The summed E-state index contributed by atoms with van der Waals surface area (Å²) in [6.07, 6.45) is 3.25. The molecule has 0 bridgehead atoms. The lowest BCUT2D eigenvalue weighted by Crippen LogP contribution is -2.34. The lowest BCUT2D eigenvalue weighted by Gasteiger charge is -2.31. The lowest BCUT2D eigenvalue weighted by atomic mass is 9.97. The van der Waals surface area contributed by atoms with Crippen molar-refractivity contribution >= 4 is 34.4 Å². The van der Waals surface area contributed by atoms with Gasteiger partial charge in [-0.15, -0.1) is 0 Å². The number of nitrogens with one attached hydrogen (secondary N) is 1. The summed E-state index contributed by atoms with van der Waals surface area (Å²) in [7, 11) is 1.71. The molecule has 11 heteroatoms. The fraction of sp³-hybridized carbons (Fsp3) is 0.361. The van der Waals surface area contributed by atoms with Crippen LogP contribution >= 0.6 is 0 Å². The van der Waals surface area contributed by atoms with Gasteiger partial charge in [0, 0.05) is 74.8 Å². The number of ketones is 1. The summed E-state index contributed by atoms with van der Waals surface area (Å²) < 4.78 is 33.8. The molecule has 2 aromatic carbocycles. The molecular weight excluding hydrogens is 604 g/mol. The molecule has 0 saturated carbocycles. The fourth-order valence-corrected chi connectivity index (χ4v) is 5.57. The molecule has 0 spiro atoms. The maximum atomic E-state index is 14.3. The number of benzene rings is 2. The van der Waals surface area contributed by atoms with E-state index in [1.807, 2.05) is 24.3 Å². The average Bonchev–Trinajstić information content (AvgIpc) is 3.02. The minimum atomic E-state index is -0.693. The number of anilines is 1. The quantitative estimate of drug-likeness (QED) is 0.200. The number of hydrogen-bond acceptors (Lipinski definition) is 7. The first-order chi connectivity index (χ1) is 22.4. The van der Waals surface area contributed by atoms with Gasteiger partial charge in [-0.25, -0.2) is 18.6 Å². The Morgan fingerprint density at radius 3 is 2.40 bits per heavy atom. The van der Waals surface area contributed by atoms with Crippen LogP contribution in [-0.4, -0.2) is 71.5 Å². The van der Waals surface area contributed by atoms with Crippen LogP contribution < -0.4 is 10.2 Å². The summed E-state index contributed by atoms with van der Waals surface area (Å²) in [6, 6.07) is 14.3. The molecule has 0 atom stereocenters. The first kappa shape index (κ1) is 33.4. The predicted molar refractivity (Wildman–Crippen MR) is 177 cm³/mol. The number of fused-ring (bicyclic) bond motifs is 1. The second kappa shape index (κ2) is 14.2. The molecule has 5 rings (SSSR count). The molecule has 3 heterocycles. The molecule has 47 heavy (non-hydrogen) atoms. The van der Waals surface area contributed by atoms with Gasteiger partial charge >= 0.3 is 6.09 Å². The van der Waals surface area contributed by atoms with Crippen LogP contribution in [0.25, 0.3) is 33.3 Å². The van der Waals surface area contributed by atoms with Gasteiger partial charge in [-0.3, -0.25) is 14.6 Å². The molecule has 1 aliphatic heterocycles. The number of carbonyl (C=O) groups excluding carboxylic acids is 3. The van der Waals surface area contributed by atoms with Gasteiger partial charge < -0.3 is 19.9 Å². The van der Waals surface area contributed by atoms with Crippen molar-refractivity contribution in [3.63, 3.8) is 0 Å². The van der Waals surface area contributed by atoms with Crippen LogP contribution in [0.15, 0.2) is 60.8 Å². The highest BCUT2D eigenvalue weighted by atomic mass is 19.1. The first-order valence-corrected chi connectivity index (χ1v) is 15.7. The normalized spacial score (nSPS) is 13.5. The number of Topliss-reactive ketones (excluding diaryl/α,β-unsaturated/α-hetero) is 1. The molecule has 1 N–H and O–H groups in total.